The summed E-state index contributed by atoms with van der Waals surface area (Å²) in [4.78, 5) is 0. The Balaban J connectivity index is 0.000000640. The maximum Gasteiger partial charge on any atom is 0.0597 e. The zero-order valence-electron chi connectivity index (χ0n) is 5.26. The summed E-state index contributed by atoms with van der Waals surface area (Å²) in [5.41, 5.74) is 0. The standard InChI is InChI=1S/C5H12N2O.ClH/c8-4-5-3-6-1-2-7-5;/h5-8H,1-4H2;1H. The highest BCUT2D eigenvalue weighted by molar-refractivity contribution is 5.85. The fraction of sp³-hybridized carbons (Fsp3) is 1.00. The Morgan fingerprint density at radius 1 is 1.44 bits per heavy atom. The lowest BCUT2D eigenvalue weighted by molar-refractivity contribution is 0.227. The zero-order chi connectivity index (χ0) is 5.82. The molecule has 3 N–H and O–H groups in total. The molecule has 1 aliphatic rings. The molecule has 1 unspecified atom stereocenters. The Bertz CT molecular complexity index is 66.0. The lowest BCUT2D eigenvalue weighted by Crippen LogP contribution is -2.49. The van der Waals surface area contributed by atoms with Gasteiger partial charge < -0.3 is 15.7 Å². The second kappa shape index (κ2) is 4.99. The van der Waals surface area contributed by atoms with Crippen LogP contribution in [0, 0.1) is 0 Å². The van der Waals surface area contributed by atoms with Crippen molar-refractivity contribution >= 4 is 12.4 Å². The number of hydrogen-bond donors (Lipinski definition) is 3. The van der Waals surface area contributed by atoms with E-state index in [1.165, 1.54) is 0 Å². The van der Waals surface area contributed by atoms with Crippen LogP contribution in [0.1, 0.15) is 0 Å². The van der Waals surface area contributed by atoms with Crippen molar-refractivity contribution in [3.8, 4) is 0 Å². The number of piperazine rings is 1. The summed E-state index contributed by atoms with van der Waals surface area (Å²) in [5.74, 6) is 0. The van der Waals surface area contributed by atoms with Crippen LogP contribution in [-0.4, -0.2) is 37.4 Å². The molecule has 4 heteroatoms. The van der Waals surface area contributed by atoms with Gasteiger partial charge in [0.1, 0.15) is 0 Å². The molecule has 1 aliphatic heterocycles. The molecular weight excluding hydrogens is 140 g/mol. The lowest BCUT2D eigenvalue weighted by Gasteiger charge is -2.21. The fourth-order valence-corrected chi connectivity index (χ4v) is 0.842. The first-order chi connectivity index (χ1) is 3.93. The van der Waals surface area contributed by atoms with Crippen molar-refractivity contribution in [1.29, 1.82) is 0 Å². The number of aliphatic hydroxyl groups excluding tert-OH is 1. The van der Waals surface area contributed by atoms with E-state index in [0.29, 0.717) is 0 Å². The van der Waals surface area contributed by atoms with Crippen molar-refractivity contribution < 1.29 is 5.11 Å². The van der Waals surface area contributed by atoms with Gasteiger partial charge >= 0.3 is 0 Å². The van der Waals surface area contributed by atoms with Crippen molar-refractivity contribution in [1.82, 2.24) is 10.6 Å². The lowest BCUT2D eigenvalue weighted by atomic mass is 10.2. The molecule has 0 spiro atoms. The monoisotopic (exact) mass is 152 g/mol. The number of rotatable bonds is 1. The van der Waals surface area contributed by atoms with E-state index in [1.807, 2.05) is 0 Å². The van der Waals surface area contributed by atoms with Crippen LogP contribution in [-0.2, 0) is 0 Å². The summed E-state index contributed by atoms with van der Waals surface area (Å²) in [5, 5.41) is 14.9. The molecule has 0 aromatic heterocycles. The number of aliphatic hydroxyl groups is 1. The van der Waals surface area contributed by atoms with Gasteiger partial charge in [0.15, 0.2) is 0 Å². The second-order valence-corrected chi connectivity index (χ2v) is 2.04. The Hall–Kier alpha value is 0.170. The predicted molar refractivity (Wildman–Crippen MR) is 39.0 cm³/mol. The SMILES string of the molecule is Cl.OCC1CNCCN1. The van der Waals surface area contributed by atoms with Crippen LogP contribution in [0.5, 0.6) is 0 Å². The molecule has 1 heterocycles. The third-order valence-corrected chi connectivity index (χ3v) is 1.35. The van der Waals surface area contributed by atoms with Crippen LogP contribution in [0.4, 0.5) is 0 Å². The summed E-state index contributed by atoms with van der Waals surface area (Å²) in [6, 6.07) is 0.281. The molecule has 0 aliphatic carbocycles. The molecule has 0 radical (unpaired) electrons. The molecule has 1 saturated heterocycles. The zero-order valence-corrected chi connectivity index (χ0v) is 6.08. The number of hydrogen-bond acceptors (Lipinski definition) is 3. The maximum absolute atomic E-state index is 8.59. The summed E-state index contributed by atoms with van der Waals surface area (Å²) in [7, 11) is 0. The Morgan fingerprint density at radius 2 is 2.22 bits per heavy atom. The molecule has 56 valence electrons. The van der Waals surface area contributed by atoms with E-state index >= 15 is 0 Å². The first-order valence-corrected chi connectivity index (χ1v) is 2.98. The van der Waals surface area contributed by atoms with Gasteiger partial charge in [-0.15, -0.1) is 12.4 Å². The molecule has 0 amide bonds. The Labute approximate surface area is 61.2 Å². The average Bonchev–Trinajstić information content (AvgIpc) is 1.90. The summed E-state index contributed by atoms with van der Waals surface area (Å²) in [6.07, 6.45) is 0. The van der Waals surface area contributed by atoms with Crippen molar-refractivity contribution in [3.63, 3.8) is 0 Å². The Kier molecular flexibility index (Phi) is 5.09. The highest BCUT2D eigenvalue weighted by atomic mass is 35.5. The second-order valence-electron chi connectivity index (χ2n) is 2.04. The predicted octanol–water partition coefficient (Wildman–Crippen LogP) is -1.04. The third kappa shape index (κ3) is 3.01. The molecule has 0 aromatic carbocycles. The summed E-state index contributed by atoms with van der Waals surface area (Å²) >= 11 is 0. The quantitative estimate of drug-likeness (QED) is 0.450. The molecule has 1 atom stereocenters. The smallest absolute Gasteiger partial charge is 0.0597 e. The third-order valence-electron chi connectivity index (χ3n) is 1.35. The molecule has 0 aromatic rings. The fourth-order valence-electron chi connectivity index (χ4n) is 0.842. The van der Waals surface area contributed by atoms with E-state index in [9.17, 15) is 0 Å². The van der Waals surface area contributed by atoms with Crippen LogP contribution in [0.15, 0.2) is 0 Å². The van der Waals surface area contributed by atoms with E-state index in [-0.39, 0.29) is 25.1 Å². The maximum atomic E-state index is 8.59. The van der Waals surface area contributed by atoms with Gasteiger partial charge in [-0.2, -0.15) is 0 Å². The Morgan fingerprint density at radius 3 is 2.56 bits per heavy atom. The van der Waals surface area contributed by atoms with Gasteiger partial charge in [0.05, 0.1) is 6.61 Å². The number of halogens is 1. The highest BCUT2D eigenvalue weighted by Gasteiger charge is 2.08. The van der Waals surface area contributed by atoms with E-state index in [4.69, 9.17) is 5.11 Å². The highest BCUT2D eigenvalue weighted by Crippen LogP contribution is 1.82. The largest absolute Gasteiger partial charge is 0.395 e. The normalized spacial score (nSPS) is 27.0. The minimum atomic E-state index is 0. The van der Waals surface area contributed by atoms with Gasteiger partial charge in [-0.05, 0) is 0 Å². The molecule has 9 heavy (non-hydrogen) atoms. The van der Waals surface area contributed by atoms with Crippen LogP contribution >= 0.6 is 12.4 Å². The summed E-state index contributed by atoms with van der Waals surface area (Å²) in [6.45, 7) is 3.14. The average molecular weight is 153 g/mol. The molecule has 0 bridgehead atoms. The van der Waals surface area contributed by atoms with Gasteiger partial charge in [0, 0.05) is 25.7 Å². The van der Waals surface area contributed by atoms with E-state index in [2.05, 4.69) is 10.6 Å². The molecule has 3 nitrogen and oxygen atoms in total. The number of nitrogens with one attached hydrogen (secondary N) is 2. The van der Waals surface area contributed by atoms with E-state index in [0.717, 1.165) is 19.6 Å². The minimum Gasteiger partial charge on any atom is -0.395 e. The van der Waals surface area contributed by atoms with Crippen LogP contribution < -0.4 is 10.6 Å². The van der Waals surface area contributed by atoms with Gasteiger partial charge in [-0.3, -0.25) is 0 Å². The summed E-state index contributed by atoms with van der Waals surface area (Å²) < 4.78 is 0. The van der Waals surface area contributed by atoms with Gasteiger partial charge in [-0.25, -0.2) is 0 Å². The first-order valence-electron chi connectivity index (χ1n) is 2.98. The van der Waals surface area contributed by atoms with E-state index < -0.39 is 0 Å². The van der Waals surface area contributed by atoms with Crippen molar-refractivity contribution in [3.05, 3.63) is 0 Å². The van der Waals surface area contributed by atoms with Crippen molar-refractivity contribution in [2.75, 3.05) is 26.2 Å². The molecule has 1 rings (SSSR count). The first kappa shape index (κ1) is 9.17. The van der Waals surface area contributed by atoms with Crippen LogP contribution in [0.3, 0.4) is 0 Å². The molecular formula is C5H13ClN2O. The molecule has 1 fully saturated rings. The van der Waals surface area contributed by atoms with Gasteiger partial charge in [-0.1, -0.05) is 0 Å². The minimum absolute atomic E-state index is 0. The van der Waals surface area contributed by atoms with Crippen LogP contribution in [0.2, 0.25) is 0 Å². The van der Waals surface area contributed by atoms with E-state index in [1.54, 1.807) is 0 Å². The van der Waals surface area contributed by atoms with Crippen molar-refractivity contribution in [2.45, 2.75) is 6.04 Å². The topological polar surface area (TPSA) is 44.3 Å². The van der Waals surface area contributed by atoms with Gasteiger partial charge in [0.2, 0.25) is 0 Å². The van der Waals surface area contributed by atoms with Gasteiger partial charge in [0.25, 0.3) is 0 Å². The van der Waals surface area contributed by atoms with Crippen molar-refractivity contribution in [2.24, 2.45) is 0 Å². The van der Waals surface area contributed by atoms with Crippen LogP contribution in [0.25, 0.3) is 0 Å². The molecule has 0 saturated carbocycles.